The molecule has 2 aromatic rings. The van der Waals surface area contributed by atoms with E-state index in [1.807, 2.05) is 12.3 Å². The molecule has 1 atom stereocenters. The summed E-state index contributed by atoms with van der Waals surface area (Å²) in [5.74, 6) is 0. The van der Waals surface area contributed by atoms with Crippen LogP contribution in [0.15, 0.2) is 36.5 Å². The molecule has 2 fully saturated rings. The average molecular weight is 296 g/mol. The van der Waals surface area contributed by atoms with Crippen molar-refractivity contribution in [1.82, 2.24) is 20.1 Å². The van der Waals surface area contributed by atoms with Gasteiger partial charge in [-0.25, -0.2) is 0 Å². The van der Waals surface area contributed by atoms with E-state index in [9.17, 15) is 0 Å². The molecule has 22 heavy (non-hydrogen) atoms. The van der Waals surface area contributed by atoms with Gasteiger partial charge in [0.05, 0.1) is 5.52 Å². The molecule has 4 rings (SSSR count). The number of nitrogens with zero attached hydrogens (tertiary/aromatic N) is 3. The quantitative estimate of drug-likeness (QED) is 0.934. The largest absolute Gasteiger partial charge is 0.314 e. The maximum absolute atomic E-state index is 4.59. The lowest BCUT2D eigenvalue weighted by Crippen LogP contribution is -2.49. The summed E-state index contributed by atoms with van der Waals surface area (Å²) in [5, 5.41) is 4.69. The predicted octanol–water partition coefficient (Wildman–Crippen LogP) is 1.71. The highest BCUT2D eigenvalue weighted by Crippen LogP contribution is 2.20. The topological polar surface area (TPSA) is 31.4 Å². The number of aromatic nitrogens is 1. The number of hydrogen-bond donors (Lipinski definition) is 1. The molecule has 1 aromatic carbocycles. The molecular weight excluding hydrogens is 272 g/mol. The molecule has 1 aromatic heterocycles. The minimum Gasteiger partial charge on any atom is -0.314 e. The standard InChI is InChI=1S/C18H24N4/c1-2-4-18-16(3-1)11-15(12-20-18)13-21-8-5-17(14-21)22-9-6-19-7-10-22/h1-4,11-12,17,19H,5-10,13-14H2. The van der Waals surface area contributed by atoms with Crippen molar-refractivity contribution in [3.63, 3.8) is 0 Å². The monoisotopic (exact) mass is 296 g/mol. The fourth-order valence-electron chi connectivity index (χ4n) is 3.76. The van der Waals surface area contributed by atoms with Crippen LogP contribution in [0.1, 0.15) is 12.0 Å². The van der Waals surface area contributed by atoms with Gasteiger partial charge in [-0.3, -0.25) is 14.8 Å². The van der Waals surface area contributed by atoms with E-state index < -0.39 is 0 Å². The van der Waals surface area contributed by atoms with Crippen LogP contribution in [0.3, 0.4) is 0 Å². The number of rotatable bonds is 3. The minimum atomic E-state index is 0.746. The van der Waals surface area contributed by atoms with Crippen LogP contribution in [0, 0.1) is 0 Å². The van der Waals surface area contributed by atoms with Crippen molar-refractivity contribution in [2.45, 2.75) is 19.0 Å². The molecule has 0 amide bonds. The molecule has 2 aliphatic rings. The van der Waals surface area contributed by atoms with E-state index >= 15 is 0 Å². The van der Waals surface area contributed by atoms with Gasteiger partial charge in [-0.05, 0) is 24.1 Å². The first kappa shape index (κ1) is 14.1. The first-order valence-corrected chi connectivity index (χ1v) is 8.39. The molecule has 116 valence electrons. The van der Waals surface area contributed by atoms with Crippen molar-refractivity contribution in [2.24, 2.45) is 0 Å². The number of pyridine rings is 1. The van der Waals surface area contributed by atoms with Crippen LogP contribution in [-0.2, 0) is 6.54 Å². The average Bonchev–Trinajstić information content (AvgIpc) is 3.04. The third-order valence-corrected chi connectivity index (χ3v) is 4.97. The lowest BCUT2D eigenvalue weighted by atomic mass is 10.1. The Balaban J connectivity index is 1.40. The van der Waals surface area contributed by atoms with Crippen molar-refractivity contribution in [1.29, 1.82) is 0 Å². The summed E-state index contributed by atoms with van der Waals surface area (Å²) in [7, 11) is 0. The van der Waals surface area contributed by atoms with Crippen molar-refractivity contribution in [2.75, 3.05) is 39.3 Å². The lowest BCUT2D eigenvalue weighted by molar-refractivity contribution is 0.170. The molecule has 4 heteroatoms. The molecule has 2 aliphatic heterocycles. The van der Waals surface area contributed by atoms with Gasteiger partial charge in [0.15, 0.2) is 0 Å². The van der Waals surface area contributed by atoms with Crippen molar-refractivity contribution in [3.8, 4) is 0 Å². The maximum Gasteiger partial charge on any atom is 0.0702 e. The smallest absolute Gasteiger partial charge is 0.0702 e. The summed E-state index contributed by atoms with van der Waals surface area (Å²) in [6, 6.07) is 11.4. The Kier molecular flexibility index (Phi) is 4.06. The number of nitrogens with one attached hydrogen (secondary N) is 1. The number of piperazine rings is 1. The fraction of sp³-hybridized carbons (Fsp3) is 0.500. The summed E-state index contributed by atoms with van der Waals surface area (Å²) < 4.78 is 0. The second-order valence-corrected chi connectivity index (χ2v) is 6.50. The second kappa shape index (κ2) is 6.32. The van der Waals surface area contributed by atoms with Gasteiger partial charge in [-0.15, -0.1) is 0 Å². The van der Waals surface area contributed by atoms with E-state index in [-0.39, 0.29) is 0 Å². The normalized spacial score (nSPS) is 24.1. The highest BCUT2D eigenvalue weighted by molar-refractivity contribution is 5.78. The number of benzene rings is 1. The summed E-state index contributed by atoms with van der Waals surface area (Å²) in [5.41, 5.74) is 2.42. The van der Waals surface area contributed by atoms with E-state index in [4.69, 9.17) is 0 Å². The predicted molar refractivity (Wildman–Crippen MR) is 89.9 cm³/mol. The minimum absolute atomic E-state index is 0.746. The van der Waals surface area contributed by atoms with Gasteiger partial charge >= 0.3 is 0 Å². The summed E-state index contributed by atoms with van der Waals surface area (Å²) >= 11 is 0. The first-order valence-electron chi connectivity index (χ1n) is 8.39. The van der Waals surface area contributed by atoms with E-state index in [0.29, 0.717) is 0 Å². The zero-order valence-electron chi connectivity index (χ0n) is 13.0. The Labute approximate surface area is 132 Å². The molecule has 4 nitrogen and oxygen atoms in total. The zero-order valence-corrected chi connectivity index (χ0v) is 13.0. The van der Waals surface area contributed by atoms with Gasteiger partial charge in [0, 0.05) is 63.4 Å². The molecule has 0 bridgehead atoms. The van der Waals surface area contributed by atoms with E-state index in [0.717, 1.165) is 31.2 Å². The van der Waals surface area contributed by atoms with Crippen LogP contribution in [0.2, 0.25) is 0 Å². The van der Waals surface area contributed by atoms with Gasteiger partial charge in [0.25, 0.3) is 0 Å². The molecule has 1 unspecified atom stereocenters. The van der Waals surface area contributed by atoms with Crippen LogP contribution in [0.4, 0.5) is 0 Å². The summed E-state index contributed by atoms with van der Waals surface area (Å²) in [6.07, 6.45) is 3.35. The molecule has 0 saturated carbocycles. The number of hydrogen-bond acceptors (Lipinski definition) is 4. The lowest BCUT2D eigenvalue weighted by Gasteiger charge is -2.32. The second-order valence-electron chi connectivity index (χ2n) is 6.50. The van der Waals surface area contributed by atoms with Crippen LogP contribution >= 0.6 is 0 Å². The Bertz CT molecular complexity index is 636. The fourth-order valence-corrected chi connectivity index (χ4v) is 3.76. The maximum atomic E-state index is 4.59. The van der Waals surface area contributed by atoms with Gasteiger partial charge in [-0.1, -0.05) is 18.2 Å². The summed E-state index contributed by atoms with van der Waals surface area (Å²) in [6.45, 7) is 8.14. The molecule has 1 N–H and O–H groups in total. The van der Waals surface area contributed by atoms with Gasteiger partial charge in [-0.2, -0.15) is 0 Å². The molecule has 2 saturated heterocycles. The molecular formula is C18H24N4. The molecule has 0 spiro atoms. The van der Waals surface area contributed by atoms with Crippen molar-refractivity contribution in [3.05, 3.63) is 42.1 Å². The Morgan fingerprint density at radius 2 is 2.00 bits per heavy atom. The van der Waals surface area contributed by atoms with Crippen LogP contribution in [0.25, 0.3) is 10.9 Å². The Hall–Kier alpha value is -1.49. The van der Waals surface area contributed by atoms with Crippen LogP contribution in [0.5, 0.6) is 0 Å². The highest BCUT2D eigenvalue weighted by Gasteiger charge is 2.28. The number of likely N-dealkylation sites (tertiary alicyclic amines) is 1. The van der Waals surface area contributed by atoms with Crippen LogP contribution in [-0.4, -0.2) is 60.1 Å². The third-order valence-electron chi connectivity index (χ3n) is 4.97. The highest BCUT2D eigenvalue weighted by atomic mass is 15.3. The SMILES string of the molecule is c1ccc2ncc(CN3CCC(N4CCNCC4)C3)cc2c1. The van der Waals surface area contributed by atoms with E-state index in [2.05, 4.69) is 44.4 Å². The summed E-state index contributed by atoms with van der Waals surface area (Å²) in [4.78, 5) is 9.83. The third kappa shape index (κ3) is 3.00. The van der Waals surface area contributed by atoms with Crippen molar-refractivity contribution >= 4 is 10.9 Å². The number of fused-ring (bicyclic) bond motifs is 1. The van der Waals surface area contributed by atoms with E-state index in [1.165, 1.54) is 43.5 Å². The molecule has 3 heterocycles. The van der Waals surface area contributed by atoms with Gasteiger partial charge in [0.1, 0.15) is 0 Å². The molecule has 0 aliphatic carbocycles. The van der Waals surface area contributed by atoms with Gasteiger partial charge in [0.2, 0.25) is 0 Å². The zero-order chi connectivity index (χ0) is 14.8. The van der Waals surface area contributed by atoms with E-state index in [1.54, 1.807) is 0 Å². The first-order chi connectivity index (χ1) is 10.9. The van der Waals surface area contributed by atoms with Crippen molar-refractivity contribution < 1.29 is 0 Å². The Morgan fingerprint density at radius 1 is 1.14 bits per heavy atom. The number of para-hydroxylation sites is 1. The van der Waals surface area contributed by atoms with Crippen LogP contribution < -0.4 is 5.32 Å². The van der Waals surface area contributed by atoms with Gasteiger partial charge < -0.3 is 5.32 Å². The Morgan fingerprint density at radius 3 is 2.91 bits per heavy atom. The molecule has 0 radical (unpaired) electrons.